The van der Waals surface area contributed by atoms with Crippen molar-refractivity contribution in [3.05, 3.63) is 0 Å². The van der Waals surface area contributed by atoms with E-state index in [1.54, 1.807) is 6.07 Å². The van der Waals surface area contributed by atoms with Gasteiger partial charge in [0.05, 0.1) is 6.07 Å². The minimum Gasteiger partial charge on any atom is -0.330 e. The fourth-order valence-electron chi connectivity index (χ4n) is 1.09. The van der Waals surface area contributed by atoms with Gasteiger partial charge in [0.15, 0.2) is 5.25 Å². The van der Waals surface area contributed by atoms with Gasteiger partial charge in [-0.2, -0.15) is 5.26 Å². The molecule has 0 aliphatic heterocycles. The van der Waals surface area contributed by atoms with Gasteiger partial charge in [0.2, 0.25) is 10.0 Å². The van der Waals surface area contributed by atoms with Crippen molar-refractivity contribution in [1.82, 2.24) is 4.31 Å². The third kappa shape index (κ3) is 3.78. The maximum Gasteiger partial charge on any atom is 0.229 e. The van der Waals surface area contributed by atoms with Gasteiger partial charge in [0.25, 0.3) is 0 Å². The highest BCUT2D eigenvalue weighted by Gasteiger charge is 2.29. The Balaban J connectivity index is 4.75. The summed E-state index contributed by atoms with van der Waals surface area (Å²) in [5.74, 6) is 0. The topological polar surface area (TPSA) is 87.2 Å². The molecular weight excluding hydrogens is 214 g/mol. The summed E-state index contributed by atoms with van der Waals surface area (Å²) in [6.45, 7) is 5.86. The van der Waals surface area contributed by atoms with E-state index in [1.807, 2.05) is 13.8 Å². The first-order chi connectivity index (χ1) is 6.67. The summed E-state index contributed by atoms with van der Waals surface area (Å²) in [5.41, 5.74) is 5.24. The molecule has 2 N–H and O–H groups in total. The summed E-state index contributed by atoms with van der Waals surface area (Å²) >= 11 is 0. The van der Waals surface area contributed by atoms with Gasteiger partial charge in [0.1, 0.15) is 0 Å². The Morgan fingerprint density at radius 3 is 2.33 bits per heavy atom. The molecule has 0 radical (unpaired) electrons. The molecule has 0 aromatic carbocycles. The van der Waals surface area contributed by atoms with Crippen molar-refractivity contribution in [3.8, 4) is 6.07 Å². The molecule has 1 atom stereocenters. The molecule has 0 rings (SSSR count). The minimum atomic E-state index is -3.52. The van der Waals surface area contributed by atoms with E-state index in [-0.39, 0.29) is 5.41 Å². The number of hydrogen-bond acceptors (Lipinski definition) is 4. The quantitative estimate of drug-likeness (QED) is 0.732. The van der Waals surface area contributed by atoms with Crippen molar-refractivity contribution >= 4 is 10.0 Å². The summed E-state index contributed by atoms with van der Waals surface area (Å²) in [5, 5.41) is 7.58. The minimum absolute atomic E-state index is 0.281. The average molecular weight is 233 g/mol. The van der Waals surface area contributed by atoms with E-state index in [0.29, 0.717) is 13.1 Å². The molecule has 0 saturated carbocycles. The van der Waals surface area contributed by atoms with Crippen molar-refractivity contribution in [1.29, 1.82) is 5.26 Å². The smallest absolute Gasteiger partial charge is 0.229 e. The molecular formula is C9H19N3O2S. The lowest BCUT2D eigenvalue weighted by Crippen LogP contribution is -2.42. The van der Waals surface area contributed by atoms with E-state index in [9.17, 15) is 8.42 Å². The van der Waals surface area contributed by atoms with Crippen LogP contribution in [0.2, 0.25) is 0 Å². The van der Waals surface area contributed by atoms with Crippen LogP contribution < -0.4 is 5.73 Å². The van der Waals surface area contributed by atoms with Gasteiger partial charge in [-0.05, 0) is 18.9 Å². The van der Waals surface area contributed by atoms with Crippen molar-refractivity contribution in [3.63, 3.8) is 0 Å². The van der Waals surface area contributed by atoms with Gasteiger partial charge < -0.3 is 5.73 Å². The van der Waals surface area contributed by atoms with Crippen LogP contribution in [0.4, 0.5) is 0 Å². The number of nitriles is 1. The molecule has 0 spiro atoms. The van der Waals surface area contributed by atoms with Crippen LogP contribution in [-0.2, 0) is 10.0 Å². The molecule has 1 unspecified atom stereocenters. The van der Waals surface area contributed by atoms with E-state index in [0.717, 1.165) is 0 Å². The molecule has 6 heteroatoms. The standard InChI is InChI=1S/C9H19N3O2S/c1-8(5-10)15(13,14)12(4)7-9(2,3)6-11/h8H,6-7,11H2,1-4H3. The van der Waals surface area contributed by atoms with Crippen molar-refractivity contribution < 1.29 is 8.42 Å². The second-order valence-electron chi connectivity index (χ2n) is 4.44. The van der Waals surface area contributed by atoms with E-state index < -0.39 is 15.3 Å². The monoisotopic (exact) mass is 233 g/mol. The Labute approximate surface area is 91.9 Å². The number of rotatable bonds is 5. The molecule has 0 bridgehead atoms. The predicted octanol–water partition coefficient (Wildman–Crippen LogP) is 0.145. The molecule has 15 heavy (non-hydrogen) atoms. The summed E-state index contributed by atoms with van der Waals surface area (Å²) in [6, 6.07) is 1.73. The largest absolute Gasteiger partial charge is 0.330 e. The molecule has 0 saturated heterocycles. The van der Waals surface area contributed by atoms with Gasteiger partial charge in [0, 0.05) is 13.6 Å². The van der Waals surface area contributed by atoms with Crippen LogP contribution in [0.3, 0.4) is 0 Å². The third-order valence-corrected chi connectivity index (χ3v) is 4.26. The Morgan fingerprint density at radius 2 is 2.00 bits per heavy atom. The van der Waals surface area contributed by atoms with Gasteiger partial charge in [-0.3, -0.25) is 0 Å². The van der Waals surface area contributed by atoms with Crippen LogP contribution in [-0.4, -0.2) is 38.1 Å². The molecule has 0 amide bonds. The first kappa shape index (κ1) is 14.4. The number of sulfonamides is 1. The summed E-state index contributed by atoms with van der Waals surface area (Å²) in [4.78, 5) is 0. The Hall–Kier alpha value is -0.640. The molecule has 0 aromatic rings. The highest BCUT2D eigenvalue weighted by atomic mass is 32.2. The van der Waals surface area contributed by atoms with Gasteiger partial charge in [-0.25, -0.2) is 12.7 Å². The van der Waals surface area contributed by atoms with Crippen LogP contribution in [0.1, 0.15) is 20.8 Å². The Bertz CT molecular complexity index is 343. The Morgan fingerprint density at radius 1 is 1.53 bits per heavy atom. The number of nitrogens with zero attached hydrogens (tertiary/aromatic N) is 2. The molecule has 88 valence electrons. The fraction of sp³-hybridized carbons (Fsp3) is 0.889. The van der Waals surface area contributed by atoms with E-state index >= 15 is 0 Å². The second-order valence-corrected chi connectivity index (χ2v) is 6.80. The average Bonchev–Trinajstić information content (AvgIpc) is 2.15. The highest BCUT2D eigenvalue weighted by molar-refractivity contribution is 7.89. The summed E-state index contributed by atoms with van der Waals surface area (Å²) < 4.78 is 24.6. The SMILES string of the molecule is CC(C#N)S(=O)(=O)N(C)CC(C)(C)CN. The van der Waals surface area contributed by atoms with Crippen molar-refractivity contribution in [2.75, 3.05) is 20.1 Å². The molecule has 0 aliphatic carbocycles. The highest BCUT2D eigenvalue weighted by Crippen LogP contribution is 2.17. The van der Waals surface area contributed by atoms with Crippen molar-refractivity contribution in [2.24, 2.45) is 11.1 Å². The van der Waals surface area contributed by atoms with Gasteiger partial charge in [-0.1, -0.05) is 13.8 Å². The van der Waals surface area contributed by atoms with Gasteiger partial charge in [-0.15, -0.1) is 0 Å². The molecule has 0 aliphatic rings. The predicted molar refractivity (Wildman–Crippen MR) is 59.5 cm³/mol. The first-order valence-electron chi connectivity index (χ1n) is 4.72. The fourth-order valence-corrected chi connectivity index (χ4v) is 2.30. The molecule has 5 nitrogen and oxygen atoms in total. The van der Waals surface area contributed by atoms with E-state index in [4.69, 9.17) is 11.0 Å². The zero-order chi connectivity index (χ0) is 12.3. The Kier molecular flexibility index (Phi) is 4.71. The van der Waals surface area contributed by atoms with Crippen LogP contribution in [0.15, 0.2) is 0 Å². The lowest BCUT2D eigenvalue weighted by atomic mass is 9.94. The lowest BCUT2D eigenvalue weighted by Gasteiger charge is -2.28. The number of nitrogens with two attached hydrogens (primary N) is 1. The molecule has 0 fully saturated rings. The second kappa shape index (κ2) is 4.92. The van der Waals surface area contributed by atoms with Crippen molar-refractivity contribution in [2.45, 2.75) is 26.0 Å². The van der Waals surface area contributed by atoms with E-state index in [1.165, 1.54) is 18.3 Å². The van der Waals surface area contributed by atoms with Crippen LogP contribution in [0, 0.1) is 16.7 Å². The van der Waals surface area contributed by atoms with Crippen LogP contribution in [0.25, 0.3) is 0 Å². The third-order valence-electron chi connectivity index (χ3n) is 2.27. The first-order valence-corrected chi connectivity index (χ1v) is 6.22. The van der Waals surface area contributed by atoms with Crippen LogP contribution in [0.5, 0.6) is 0 Å². The zero-order valence-corrected chi connectivity index (χ0v) is 10.5. The summed E-state index contributed by atoms with van der Waals surface area (Å²) in [7, 11) is -2.04. The lowest BCUT2D eigenvalue weighted by molar-refractivity contribution is 0.291. The number of hydrogen-bond donors (Lipinski definition) is 1. The zero-order valence-electron chi connectivity index (χ0n) is 9.69. The van der Waals surface area contributed by atoms with Crippen LogP contribution >= 0.6 is 0 Å². The van der Waals surface area contributed by atoms with E-state index in [2.05, 4.69) is 0 Å². The maximum atomic E-state index is 11.7. The normalized spacial score (nSPS) is 15.0. The molecule has 0 heterocycles. The van der Waals surface area contributed by atoms with Gasteiger partial charge >= 0.3 is 0 Å². The molecule has 0 aromatic heterocycles. The maximum absolute atomic E-state index is 11.7. The summed E-state index contributed by atoms with van der Waals surface area (Å²) in [6.07, 6.45) is 0.